The first-order valence-corrected chi connectivity index (χ1v) is 11.8. The monoisotopic (exact) mass is 490 g/mol. The maximum Gasteiger partial charge on any atom is 0.260 e. The molecular formula is C21H16Cl2N4O2S2. The van der Waals surface area contributed by atoms with Crippen LogP contribution >= 0.6 is 46.3 Å². The Morgan fingerprint density at radius 3 is 2.87 bits per heavy atom. The number of benzene rings is 1. The van der Waals surface area contributed by atoms with Crippen molar-refractivity contribution in [3.8, 4) is 11.3 Å². The first-order valence-electron chi connectivity index (χ1n) is 9.14. The topological polar surface area (TPSA) is 80.9 Å². The predicted octanol–water partition coefficient (Wildman–Crippen LogP) is 6.66. The van der Waals surface area contributed by atoms with Crippen LogP contribution in [-0.2, 0) is 5.75 Å². The second-order valence-corrected chi connectivity index (χ2v) is 9.23. The lowest BCUT2D eigenvalue weighted by Gasteiger charge is -2.07. The summed E-state index contributed by atoms with van der Waals surface area (Å²) in [5.74, 6) is 1.09. The summed E-state index contributed by atoms with van der Waals surface area (Å²) in [4.78, 5) is 21.8. The number of halogens is 2. The van der Waals surface area contributed by atoms with Crippen molar-refractivity contribution >= 4 is 57.3 Å². The molecule has 31 heavy (non-hydrogen) atoms. The highest BCUT2D eigenvalue weighted by molar-refractivity contribution is 7.98. The molecule has 3 heterocycles. The van der Waals surface area contributed by atoms with Crippen molar-refractivity contribution in [3.05, 3.63) is 74.5 Å². The summed E-state index contributed by atoms with van der Waals surface area (Å²) >= 11 is 15.1. The Labute approximate surface area is 197 Å². The highest BCUT2D eigenvalue weighted by Crippen LogP contribution is 2.33. The molecule has 0 radical (unpaired) electrons. The summed E-state index contributed by atoms with van der Waals surface area (Å²) in [6.45, 7) is 3.76. The molecule has 0 atom stereocenters. The van der Waals surface area contributed by atoms with Gasteiger partial charge < -0.3 is 4.52 Å². The number of carbonyl (C=O) groups is 1. The molecule has 1 aromatic carbocycles. The Morgan fingerprint density at radius 2 is 2.10 bits per heavy atom. The van der Waals surface area contributed by atoms with Gasteiger partial charge in [-0.25, -0.2) is 9.97 Å². The van der Waals surface area contributed by atoms with Gasteiger partial charge in [-0.1, -0.05) is 28.4 Å². The molecule has 1 N–H and O–H groups in total. The molecule has 6 nitrogen and oxygen atoms in total. The van der Waals surface area contributed by atoms with Crippen molar-refractivity contribution < 1.29 is 9.32 Å². The van der Waals surface area contributed by atoms with E-state index in [1.165, 1.54) is 23.1 Å². The summed E-state index contributed by atoms with van der Waals surface area (Å²) < 4.78 is 5.21. The minimum absolute atomic E-state index is 0.285. The smallest absolute Gasteiger partial charge is 0.260 e. The highest BCUT2D eigenvalue weighted by Gasteiger charge is 2.17. The molecule has 158 valence electrons. The summed E-state index contributed by atoms with van der Waals surface area (Å²) in [7, 11) is 0. The maximum absolute atomic E-state index is 12.9. The van der Waals surface area contributed by atoms with Crippen LogP contribution in [0.5, 0.6) is 0 Å². The molecule has 0 bridgehead atoms. The van der Waals surface area contributed by atoms with Crippen LogP contribution < -0.4 is 5.32 Å². The van der Waals surface area contributed by atoms with Crippen LogP contribution in [0.4, 0.5) is 5.13 Å². The van der Waals surface area contributed by atoms with E-state index in [2.05, 4.69) is 20.4 Å². The Bertz CT molecular complexity index is 1240. The molecule has 0 saturated carbocycles. The number of thioether (sulfide) groups is 1. The number of rotatable bonds is 6. The van der Waals surface area contributed by atoms with Crippen LogP contribution in [0.2, 0.25) is 10.0 Å². The fourth-order valence-corrected chi connectivity index (χ4v) is 5.08. The number of aromatic nitrogens is 3. The number of hydrogen-bond acceptors (Lipinski definition) is 7. The fraction of sp³-hybridized carbons (Fsp3) is 0.143. The third-order valence-corrected chi connectivity index (χ3v) is 6.83. The molecule has 4 aromatic rings. The SMILES string of the molecule is Cc1noc(C)c1CSc1ncccc1C(=O)Nc1nc(-c2cc(Cl)ccc2Cl)cs1. The van der Waals surface area contributed by atoms with Gasteiger partial charge in [0.25, 0.3) is 5.91 Å². The van der Waals surface area contributed by atoms with Gasteiger partial charge in [-0.2, -0.15) is 0 Å². The van der Waals surface area contributed by atoms with Gasteiger partial charge in [0, 0.05) is 33.5 Å². The first kappa shape index (κ1) is 21.8. The molecule has 1 amide bonds. The summed E-state index contributed by atoms with van der Waals surface area (Å²) in [5.41, 5.74) is 3.67. The highest BCUT2D eigenvalue weighted by atomic mass is 35.5. The molecule has 0 fully saturated rings. The number of anilines is 1. The minimum Gasteiger partial charge on any atom is -0.361 e. The lowest BCUT2D eigenvalue weighted by molar-refractivity contribution is 0.102. The Hall–Kier alpha value is -2.39. The standard InChI is InChI=1S/C21H16Cl2N4O2S2/c1-11-16(12(2)29-27-11)9-30-20-14(4-3-7-24-20)19(28)26-21-25-18(10-31-21)15-8-13(22)5-6-17(15)23/h3-8,10H,9H2,1-2H3,(H,25,26,28). The van der Waals surface area contributed by atoms with Crippen LogP contribution in [0, 0.1) is 13.8 Å². The van der Waals surface area contributed by atoms with Crippen molar-refractivity contribution in [1.29, 1.82) is 0 Å². The summed E-state index contributed by atoms with van der Waals surface area (Å²) in [5, 5.41) is 10.8. The first-order chi connectivity index (χ1) is 14.9. The van der Waals surface area contributed by atoms with E-state index in [1.54, 1.807) is 36.5 Å². The second kappa shape index (κ2) is 9.40. The van der Waals surface area contributed by atoms with Crippen LogP contribution in [0.25, 0.3) is 11.3 Å². The predicted molar refractivity (Wildman–Crippen MR) is 125 cm³/mol. The van der Waals surface area contributed by atoms with E-state index in [-0.39, 0.29) is 5.91 Å². The van der Waals surface area contributed by atoms with Crippen LogP contribution in [0.1, 0.15) is 27.4 Å². The van der Waals surface area contributed by atoms with Crippen molar-refractivity contribution in [2.75, 3.05) is 5.32 Å². The Balaban J connectivity index is 1.51. The normalized spacial score (nSPS) is 11.0. The molecule has 0 aliphatic carbocycles. The number of nitrogens with one attached hydrogen (secondary N) is 1. The molecule has 0 aliphatic heterocycles. The van der Waals surface area contributed by atoms with Gasteiger partial charge in [-0.15, -0.1) is 23.1 Å². The van der Waals surface area contributed by atoms with Crippen LogP contribution in [0.15, 0.2) is 51.5 Å². The molecule has 0 saturated heterocycles. The quantitative estimate of drug-likeness (QED) is 0.304. The third kappa shape index (κ3) is 4.93. The van der Waals surface area contributed by atoms with Crippen molar-refractivity contribution in [1.82, 2.24) is 15.1 Å². The molecule has 0 spiro atoms. The average molecular weight is 491 g/mol. The molecule has 0 unspecified atom stereocenters. The molecule has 3 aromatic heterocycles. The van der Waals surface area contributed by atoms with Gasteiger partial charge >= 0.3 is 0 Å². The average Bonchev–Trinajstić information content (AvgIpc) is 3.35. The van der Waals surface area contributed by atoms with Crippen LogP contribution in [-0.4, -0.2) is 21.0 Å². The molecule has 4 rings (SSSR count). The van der Waals surface area contributed by atoms with Gasteiger partial charge in [0.1, 0.15) is 10.8 Å². The summed E-state index contributed by atoms with van der Waals surface area (Å²) in [6.07, 6.45) is 1.66. The number of aryl methyl sites for hydroxylation is 2. The van der Waals surface area contributed by atoms with Crippen molar-refractivity contribution in [2.24, 2.45) is 0 Å². The Kier molecular flexibility index (Phi) is 6.62. The second-order valence-electron chi connectivity index (χ2n) is 6.56. The largest absolute Gasteiger partial charge is 0.361 e. The number of nitrogens with zero attached hydrogens (tertiary/aromatic N) is 3. The van der Waals surface area contributed by atoms with Gasteiger partial charge in [0.15, 0.2) is 5.13 Å². The number of pyridine rings is 1. The van der Waals surface area contributed by atoms with E-state index < -0.39 is 0 Å². The van der Waals surface area contributed by atoms with E-state index in [0.717, 1.165) is 17.0 Å². The minimum atomic E-state index is -0.285. The van der Waals surface area contributed by atoms with E-state index in [4.69, 9.17) is 27.7 Å². The van der Waals surface area contributed by atoms with Crippen molar-refractivity contribution in [2.45, 2.75) is 24.6 Å². The van der Waals surface area contributed by atoms with E-state index in [0.29, 0.717) is 42.8 Å². The number of hydrogen-bond donors (Lipinski definition) is 1. The fourth-order valence-electron chi connectivity index (χ4n) is 2.84. The maximum atomic E-state index is 12.9. The molecule has 0 aliphatic rings. The summed E-state index contributed by atoms with van der Waals surface area (Å²) in [6, 6.07) is 8.64. The molecular weight excluding hydrogens is 475 g/mol. The zero-order valence-electron chi connectivity index (χ0n) is 16.5. The van der Waals surface area contributed by atoms with Gasteiger partial charge in [0.05, 0.1) is 22.0 Å². The van der Waals surface area contributed by atoms with Gasteiger partial charge in [-0.3, -0.25) is 10.1 Å². The lowest BCUT2D eigenvalue weighted by atomic mass is 10.2. The third-order valence-electron chi connectivity index (χ3n) is 4.48. The van der Waals surface area contributed by atoms with E-state index in [9.17, 15) is 4.79 Å². The number of thiazole rings is 1. The lowest BCUT2D eigenvalue weighted by Crippen LogP contribution is -2.13. The van der Waals surface area contributed by atoms with Crippen molar-refractivity contribution in [3.63, 3.8) is 0 Å². The van der Waals surface area contributed by atoms with Gasteiger partial charge in [0.2, 0.25) is 0 Å². The van der Waals surface area contributed by atoms with E-state index in [1.807, 2.05) is 19.2 Å². The van der Waals surface area contributed by atoms with E-state index >= 15 is 0 Å². The zero-order valence-corrected chi connectivity index (χ0v) is 19.6. The number of carbonyl (C=O) groups excluding carboxylic acids is 1. The Morgan fingerprint density at radius 1 is 1.26 bits per heavy atom. The number of amides is 1. The zero-order chi connectivity index (χ0) is 22.0. The van der Waals surface area contributed by atoms with Gasteiger partial charge in [-0.05, 0) is 44.2 Å². The molecule has 10 heteroatoms. The van der Waals surface area contributed by atoms with Crippen LogP contribution in [0.3, 0.4) is 0 Å².